The van der Waals surface area contributed by atoms with Gasteiger partial charge in [-0.1, -0.05) is 174 Å². The molecule has 605 valence electrons. The van der Waals surface area contributed by atoms with Gasteiger partial charge in [0.2, 0.25) is 0 Å². The van der Waals surface area contributed by atoms with Gasteiger partial charge in [-0.25, -0.2) is 36.7 Å². The first-order valence-corrected chi connectivity index (χ1v) is 40.7. The van der Waals surface area contributed by atoms with Gasteiger partial charge in [-0.2, -0.15) is 0 Å². The van der Waals surface area contributed by atoms with E-state index in [2.05, 4.69) is 70.3 Å². The standard InChI is InChI=1S/C22H25BrFNO3.C21H23BrFNO3.C21H21BrFNO3.C21H21BrFNO2.CH5P.CH3.B.BrH.Mg/c1-15(26)11-12-22(18-5-9-20(24)10-6-18)13-14-25(21(27)28-22)16(2)17-3-7-19(23)8-4-17;2*1-15(16-3-7-18(22)8-4-16)24-13-12-21(11-2-14-25,27-20(24)26)17-5-9-19(23)10-6-17;1-3-12-21(17-6-10-19(23)11-7-17)13-14-24(20(25)26-21)15(2)16-4-8-18(22)9-5-16;1-2;;;;/h3-10,15-16,26H,11-14H2,1-2H3;3-10,15,25H,2,11-14H2,1H3;3-10,14-15H,2,11-13H2,1H3;3-11,15H,1,12-14H2,2H3;2H2,1H3;1H3;;1H;/q;;;;;-1;;;+2/p-1/t15?,16-,22+;3*15-,21+;;;;;/m0000...../s1/i;;;;2D;;;;. The number of benzene rings is 8. The number of aliphatic hydroxyl groups is 2. The van der Waals surface area contributed by atoms with E-state index in [9.17, 15) is 51.7 Å². The van der Waals surface area contributed by atoms with Gasteiger partial charge in [0.1, 0.15) is 52.0 Å². The quantitative estimate of drug-likeness (QED) is 0.0119. The molecular weight excluding hydrogens is 1820 g/mol. The monoisotopic (exact) mass is 1910 g/mol. The van der Waals surface area contributed by atoms with Gasteiger partial charge in [-0.15, -0.1) is 15.8 Å². The van der Waals surface area contributed by atoms with Crippen LogP contribution in [0, 0.1) is 30.7 Å². The van der Waals surface area contributed by atoms with Gasteiger partial charge in [0.25, 0.3) is 0 Å². The van der Waals surface area contributed by atoms with Crippen LogP contribution in [0.15, 0.2) is 225 Å². The van der Waals surface area contributed by atoms with Crippen molar-refractivity contribution in [3.8, 4) is 0 Å². The Balaban J connectivity index is 0.000000315. The van der Waals surface area contributed by atoms with Gasteiger partial charge in [-0.05, 0) is 208 Å². The Morgan fingerprint density at radius 3 is 0.939 bits per heavy atom. The van der Waals surface area contributed by atoms with Gasteiger partial charge in [0.15, 0.2) is 0 Å². The number of cyclic esters (lactones) is 4. The summed E-state index contributed by atoms with van der Waals surface area (Å²) in [5.74, 6) is -1.32. The predicted octanol–water partition coefficient (Wildman–Crippen LogP) is 19.2. The Morgan fingerprint density at radius 1 is 0.465 bits per heavy atom. The van der Waals surface area contributed by atoms with Crippen LogP contribution in [0.2, 0.25) is 0 Å². The molecule has 0 aromatic heterocycles. The van der Waals surface area contributed by atoms with Gasteiger partial charge < -0.3 is 78.0 Å². The average molecular weight is 1920 g/mol. The largest absolute Gasteiger partial charge is 2.00 e. The van der Waals surface area contributed by atoms with E-state index in [1.165, 1.54) is 48.5 Å². The summed E-state index contributed by atoms with van der Waals surface area (Å²) in [7, 11) is 0.333. The van der Waals surface area contributed by atoms with E-state index < -0.39 is 40.7 Å². The molecule has 4 aliphatic heterocycles. The Hall–Kier alpha value is -6.45. The van der Waals surface area contributed by atoms with E-state index in [0.29, 0.717) is 99.6 Å². The molecule has 27 heteroatoms. The van der Waals surface area contributed by atoms with E-state index in [1.807, 2.05) is 131 Å². The van der Waals surface area contributed by atoms with Crippen LogP contribution in [0.25, 0.3) is 0 Å². The predicted molar refractivity (Wildman–Crippen MR) is 455 cm³/mol. The van der Waals surface area contributed by atoms with Crippen LogP contribution in [0.4, 0.5) is 36.7 Å². The van der Waals surface area contributed by atoms with Crippen LogP contribution >= 0.6 is 72.9 Å². The van der Waals surface area contributed by atoms with Crippen LogP contribution in [0.3, 0.4) is 0 Å². The van der Waals surface area contributed by atoms with Crippen LogP contribution in [-0.4, -0.2) is 139 Å². The average Bonchev–Trinajstić information content (AvgIpc) is 0.789. The minimum atomic E-state index is -0.901. The number of carbonyl (C=O) groups excluding carboxylic acids is 5. The number of hydrogen-bond acceptors (Lipinski definition) is 11. The summed E-state index contributed by atoms with van der Waals surface area (Å²) in [5, 5.41) is 19.0. The van der Waals surface area contributed by atoms with E-state index >= 15 is 0 Å². The third kappa shape index (κ3) is 26.3. The van der Waals surface area contributed by atoms with E-state index in [-0.39, 0.29) is 129 Å². The van der Waals surface area contributed by atoms with Crippen LogP contribution in [0.5, 0.6) is 0 Å². The maximum atomic E-state index is 13.4. The normalized spacial score (nSPS) is 20.4. The second-order valence-corrected chi connectivity index (χ2v) is 31.2. The molecule has 4 fully saturated rings. The Labute approximate surface area is 734 Å². The molecular formula is C87H98BBr5F4MgN4O11P. The molecule has 10 atom stereocenters. The maximum absolute atomic E-state index is 13.4. The van der Waals surface area contributed by atoms with Crippen molar-refractivity contribution >= 4 is 135 Å². The third-order valence-corrected chi connectivity index (χ3v) is 22.8. The van der Waals surface area contributed by atoms with E-state index in [0.717, 1.165) is 68.7 Å². The van der Waals surface area contributed by atoms with Crippen LogP contribution in [-0.2, 0) is 46.1 Å². The first-order valence-electron chi connectivity index (χ1n) is 37.0. The number of hydrogen-bond donors (Lipinski definition) is 2. The molecule has 2 N–H and O–H groups in total. The zero-order chi connectivity index (χ0) is 80.6. The van der Waals surface area contributed by atoms with Crippen molar-refractivity contribution in [2.24, 2.45) is 0 Å². The summed E-state index contributed by atoms with van der Waals surface area (Å²) in [4.78, 5) is 69.2. The summed E-state index contributed by atoms with van der Waals surface area (Å²) < 4.78 is 87.2. The summed E-state index contributed by atoms with van der Waals surface area (Å²) in [6.07, 6.45) is 5.95. The number of amides is 4. The second kappa shape index (κ2) is 47.2. The molecule has 4 heterocycles. The second-order valence-electron chi connectivity index (χ2n) is 27.6. The third-order valence-electron chi connectivity index (χ3n) is 20.7. The first-order chi connectivity index (χ1) is 53.1. The summed E-state index contributed by atoms with van der Waals surface area (Å²) in [6.45, 7) is 17.3. The van der Waals surface area contributed by atoms with E-state index in [4.69, 9.17) is 20.2 Å². The fraction of sp³-hybridized carbons (Fsp3) is 0.356. The minimum Gasteiger partial charge on any atom is -1.00 e. The number of nitrogens with zero attached hydrogens (tertiary/aromatic N) is 4. The molecule has 12 rings (SSSR count). The van der Waals surface area contributed by atoms with Crippen molar-refractivity contribution in [1.29, 1.82) is 1.28 Å². The molecule has 4 aliphatic rings. The van der Waals surface area contributed by atoms with Crippen LogP contribution < -0.4 is 17.0 Å². The molecule has 3 radical (unpaired) electrons. The smallest absolute Gasteiger partial charge is 1.00 e. The molecule has 2 unspecified atom stereocenters. The molecule has 0 spiro atoms. The zero-order valence-electron chi connectivity index (χ0n) is 66.1. The van der Waals surface area contributed by atoms with Crippen LogP contribution in [0.1, 0.15) is 174 Å². The number of ether oxygens (including phenoxy) is 4. The van der Waals surface area contributed by atoms with Gasteiger partial charge in [0, 0.05) is 97.6 Å². The molecule has 8 aromatic carbocycles. The van der Waals surface area contributed by atoms with Gasteiger partial charge >= 0.3 is 47.4 Å². The Bertz CT molecular complexity index is 4350. The molecule has 114 heavy (non-hydrogen) atoms. The SMILES string of the molecule is C=CC[C@]1(c2ccc(F)cc2)CCN([C@@H](C)c2ccc(Br)cc2)C(=O)O1.CC(O)CC[C@]1(c2ccc(F)cc2)CCN([C@@H](C)c2ccc(Br)cc2)C(=O)O1.C[C@@H](c1ccc(Br)cc1)N1CC[C@](CCC=O)(c2ccc(F)cc2)OC1=O.C[C@@H](c1ccc(Br)cc1)N1CC[C@](CCCO)(c2ccc(F)cc2)OC1=O.[2H]PC.[B].[Br-].[CH3-].[Mg+2]. The fourth-order valence-electron chi connectivity index (χ4n) is 14.2. The maximum Gasteiger partial charge on any atom is 2.00 e. The summed E-state index contributed by atoms with van der Waals surface area (Å²) in [6, 6.07) is 55.2. The molecule has 0 aliphatic carbocycles. The number of carbonyl (C=O) groups is 5. The van der Waals surface area contributed by atoms with E-state index in [1.54, 1.807) is 81.1 Å². The summed E-state index contributed by atoms with van der Waals surface area (Å²) in [5.41, 5.74) is 3.78. The molecule has 4 saturated heterocycles. The molecule has 8 aromatic rings. The van der Waals surface area contributed by atoms with Gasteiger partial charge in [-0.3, -0.25) is 0 Å². The van der Waals surface area contributed by atoms with Crippen molar-refractivity contribution in [2.45, 2.75) is 158 Å². The summed E-state index contributed by atoms with van der Waals surface area (Å²) >= 11 is 13.7. The molecule has 15 nitrogen and oxygen atoms in total. The topological polar surface area (TPSA) is 176 Å². The van der Waals surface area contributed by atoms with Crippen molar-refractivity contribution in [1.82, 2.24) is 19.6 Å². The van der Waals surface area contributed by atoms with Gasteiger partial charge in [0.05, 0.1) is 31.5 Å². The zero-order valence-corrected chi connectivity index (χ0v) is 75.4. The first kappa shape index (κ1) is 98.1. The molecule has 0 bridgehead atoms. The number of aliphatic hydroxyl groups excluding tert-OH is 2. The van der Waals surface area contributed by atoms with Crippen molar-refractivity contribution in [3.63, 3.8) is 0 Å². The van der Waals surface area contributed by atoms with Crippen molar-refractivity contribution < 1.29 is 87.7 Å². The van der Waals surface area contributed by atoms with Crippen molar-refractivity contribution in [2.75, 3.05) is 39.5 Å². The Kier molecular flexibility index (Phi) is 40.6. The fourth-order valence-corrected chi connectivity index (χ4v) is 15.2. The number of aldehydes is 1. The molecule has 4 amide bonds. The minimum absolute atomic E-state index is 0. The Morgan fingerprint density at radius 2 is 0.702 bits per heavy atom. The number of halogens is 9. The molecule has 0 saturated carbocycles. The van der Waals surface area contributed by atoms with Crippen molar-refractivity contribution in [3.05, 3.63) is 300 Å². The number of rotatable bonds is 23.